The minimum atomic E-state index is 0.804. The molecule has 0 spiro atoms. The fraction of sp³-hybridized carbons (Fsp3) is 0.0390. The van der Waals surface area contributed by atoms with Gasteiger partial charge in [0.2, 0.25) is 0 Å². The van der Waals surface area contributed by atoms with E-state index >= 15 is 0 Å². The van der Waals surface area contributed by atoms with Crippen molar-refractivity contribution in [3.8, 4) is 78.0 Å². The Balaban J connectivity index is 0.000000957. The number of hydrogen-bond acceptors (Lipinski definition) is 3. The molecule has 0 amide bonds. The summed E-state index contributed by atoms with van der Waals surface area (Å²) in [6.45, 7) is 4.00. The van der Waals surface area contributed by atoms with Crippen molar-refractivity contribution < 1.29 is 4.42 Å². The molecular weight excluding hydrogens is 969 g/mol. The number of benzene rings is 11. The molecule has 2 heterocycles. The summed E-state index contributed by atoms with van der Waals surface area (Å²) in [7, 11) is 0. The Labute approximate surface area is 467 Å². The topological polar surface area (TPSA) is 38.9 Å². The molecule has 380 valence electrons. The van der Waals surface area contributed by atoms with Crippen molar-refractivity contribution >= 4 is 60.1 Å². The molecule has 1 aliphatic carbocycles. The highest BCUT2D eigenvalue weighted by Crippen LogP contribution is 2.44. The standard InChI is InChI=1S/C71H46N2O.C6H10/c1-2-7-18-46(17-6-1)50-25-14-27-52(37-50)56-33-36-68-65(42-56)66-44-59(53-28-15-26-51(38-53)47-19-8-3-9-20-47)43-62(71(66)74-68)57-29-16-30-58(39-57)67-45-72-69-60-34-31-54(48-21-10-4-11-22-48)40-63(60)64-41-55(49-23-12-5-13-24-49)32-35-61(64)70(69)73-67;1-3-5-6-4-2/h1-6,8-45H,7H2;3-6H,1-2H3/b;5-3-,6-4-. The normalized spacial score (nSPS) is 12.4. The maximum atomic E-state index is 6.96. The molecule has 0 unspecified atom stereocenters. The van der Waals surface area contributed by atoms with Crippen molar-refractivity contribution in [1.29, 1.82) is 0 Å². The lowest BCUT2D eigenvalue weighted by Gasteiger charge is -2.14. The monoisotopic (exact) mass is 1020 g/mol. The van der Waals surface area contributed by atoms with Crippen molar-refractivity contribution in [3.05, 3.63) is 297 Å². The molecule has 80 heavy (non-hydrogen) atoms. The maximum absolute atomic E-state index is 6.96. The first-order valence-electron chi connectivity index (χ1n) is 27.5. The van der Waals surface area contributed by atoms with Crippen LogP contribution in [-0.4, -0.2) is 9.97 Å². The molecule has 0 saturated heterocycles. The zero-order valence-corrected chi connectivity index (χ0v) is 44.7. The number of hydrogen-bond donors (Lipinski definition) is 0. The van der Waals surface area contributed by atoms with Crippen molar-refractivity contribution in [2.75, 3.05) is 0 Å². The second kappa shape index (κ2) is 22.0. The summed E-state index contributed by atoms with van der Waals surface area (Å²) in [5, 5.41) is 6.59. The molecule has 14 rings (SSSR count). The molecule has 0 N–H and O–H groups in total. The average molecular weight is 1030 g/mol. The molecule has 2 aromatic heterocycles. The quantitative estimate of drug-likeness (QED) is 0.107. The SMILES string of the molecule is C/C=C\C=C/C.C1=CCC=C(c2cccc(-c3ccc4oc5c(-c6cccc(-c7cnc8c9ccc(-c%10ccccc%10)cc9c9cc(-c%10ccccc%10)ccc9c8n7)c6)cc(-c6cccc(-c7ccccc7)c6)cc5c4c3)c2)C=C1. The van der Waals surface area contributed by atoms with Gasteiger partial charge in [-0.25, -0.2) is 4.98 Å². The van der Waals surface area contributed by atoms with Gasteiger partial charge in [-0.1, -0.05) is 231 Å². The first kappa shape index (κ1) is 49.4. The summed E-state index contributed by atoms with van der Waals surface area (Å²) < 4.78 is 6.96. The predicted molar refractivity (Wildman–Crippen MR) is 340 cm³/mol. The Morgan fingerprint density at radius 1 is 0.375 bits per heavy atom. The van der Waals surface area contributed by atoms with Crippen LogP contribution >= 0.6 is 0 Å². The minimum absolute atomic E-state index is 0.804. The number of nitrogens with zero attached hydrogens (tertiary/aromatic N) is 2. The van der Waals surface area contributed by atoms with Gasteiger partial charge in [0.25, 0.3) is 0 Å². The summed E-state index contributed by atoms with van der Waals surface area (Å²) in [5.41, 5.74) is 21.3. The van der Waals surface area contributed by atoms with E-state index in [-0.39, 0.29) is 0 Å². The average Bonchev–Trinajstić information content (AvgIpc) is 3.84. The van der Waals surface area contributed by atoms with Gasteiger partial charge in [-0.3, -0.25) is 4.98 Å². The first-order chi connectivity index (χ1) is 39.6. The fourth-order valence-corrected chi connectivity index (χ4v) is 11.2. The van der Waals surface area contributed by atoms with Crippen LogP contribution in [-0.2, 0) is 0 Å². The van der Waals surface area contributed by atoms with Crippen molar-refractivity contribution in [2.24, 2.45) is 0 Å². The van der Waals surface area contributed by atoms with Gasteiger partial charge in [0.05, 0.1) is 22.9 Å². The van der Waals surface area contributed by atoms with E-state index in [9.17, 15) is 0 Å². The molecule has 3 heteroatoms. The molecule has 0 bridgehead atoms. The molecule has 0 atom stereocenters. The number of furan rings is 1. The van der Waals surface area contributed by atoms with Crippen LogP contribution in [0.4, 0.5) is 0 Å². The van der Waals surface area contributed by atoms with E-state index in [4.69, 9.17) is 14.4 Å². The Bertz CT molecular complexity index is 4600. The van der Waals surface area contributed by atoms with E-state index in [1.807, 2.05) is 44.3 Å². The van der Waals surface area contributed by atoms with E-state index in [2.05, 4.69) is 261 Å². The van der Waals surface area contributed by atoms with Gasteiger partial charge in [-0.2, -0.15) is 0 Å². The van der Waals surface area contributed by atoms with Crippen LogP contribution in [0.1, 0.15) is 25.8 Å². The zero-order chi connectivity index (χ0) is 53.8. The third kappa shape index (κ3) is 9.78. The molecule has 0 saturated carbocycles. The molecule has 0 fully saturated rings. The van der Waals surface area contributed by atoms with Gasteiger partial charge >= 0.3 is 0 Å². The largest absolute Gasteiger partial charge is 0.455 e. The van der Waals surface area contributed by atoms with Crippen LogP contribution in [0, 0.1) is 0 Å². The van der Waals surface area contributed by atoms with Crippen LogP contribution in [0.2, 0.25) is 0 Å². The summed E-state index contributed by atoms with van der Waals surface area (Å²) in [4.78, 5) is 10.8. The van der Waals surface area contributed by atoms with Crippen LogP contribution in [0.25, 0.3) is 138 Å². The molecular formula is C77H56N2O. The predicted octanol–water partition coefficient (Wildman–Crippen LogP) is 21.5. The third-order valence-corrected chi connectivity index (χ3v) is 15.2. The first-order valence-corrected chi connectivity index (χ1v) is 27.5. The maximum Gasteiger partial charge on any atom is 0.143 e. The number of aromatic nitrogens is 2. The highest BCUT2D eigenvalue weighted by atomic mass is 16.3. The van der Waals surface area contributed by atoms with E-state index in [1.54, 1.807) is 0 Å². The van der Waals surface area contributed by atoms with Gasteiger partial charge in [0.15, 0.2) is 0 Å². The van der Waals surface area contributed by atoms with Gasteiger partial charge in [-0.05, 0) is 158 Å². The third-order valence-electron chi connectivity index (χ3n) is 15.2. The highest BCUT2D eigenvalue weighted by Gasteiger charge is 2.19. The number of rotatable bonds is 9. The van der Waals surface area contributed by atoms with Crippen LogP contribution in [0.3, 0.4) is 0 Å². The summed E-state index contributed by atoms with van der Waals surface area (Å²) in [6, 6.07) is 82.9. The summed E-state index contributed by atoms with van der Waals surface area (Å²) in [5.74, 6) is 0. The number of allylic oxidation sites excluding steroid dienone is 10. The van der Waals surface area contributed by atoms with Crippen molar-refractivity contribution in [1.82, 2.24) is 9.97 Å². The van der Waals surface area contributed by atoms with Crippen LogP contribution in [0.15, 0.2) is 296 Å². The van der Waals surface area contributed by atoms with E-state index in [0.29, 0.717) is 0 Å². The second-order valence-corrected chi connectivity index (χ2v) is 20.3. The Hall–Kier alpha value is -10.2. The smallest absolute Gasteiger partial charge is 0.143 e. The lowest BCUT2D eigenvalue weighted by atomic mass is 9.92. The minimum Gasteiger partial charge on any atom is -0.455 e. The van der Waals surface area contributed by atoms with Crippen molar-refractivity contribution in [3.63, 3.8) is 0 Å². The van der Waals surface area contributed by atoms with Gasteiger partial charge in [0, 0.05) is 32.7 Å². The number of fused-ring (bicyclic) bond motifs is 9. The molecule has 3 nitrogen and oxygen atoms in total. The fourth-order valence-electron chi connectivity index (χ4n) is 11.2. The Morgan fingerprint density at radius 3 is 1.51 bits per heavy atom. The van der Waals surface area contributed by atoms with Gasteiger partial charge in [0.1, 0.15) is 11.2 Å². The van der Waals surface area contributed by atoms with E-state index < -0.39 is 0 Å². The molecule has 13 aromatic rings. The van der Waals surface area contributed by atoms with Gasteiger partial charge < -0.3 is 4.42 Å². The Kier molecular flexibility index (Phi) is 13.6. The van der Waals surface area contributed by atoms with Crippen LogP contribution in [0.5, 0.6) is 0 Å². The summed E-state index contributed by atoms with van der Waals surface area (Å²) in [6.07, 6.45) is 21.8. The molecule has 11 aromatic carbocycles. The molecule has 1 aliphatic rings. The van der Waals surface area contributed by atoms with Crippen LogP contribution < -0.4 is 0 Å². The molecule has 0 radical (unpaired) electrons. The molecule has 0 aliphatic heterocycles. The Morgan fingerprint density at radius 2 is 0.863 bits per heavy atom. The van der Waals surface area contributed by atoms with Gasteiger partial charge in [-0.15, -0.1) is 0 Å². The highest BCUT2D eigenvalue weighted by molar-refractivity contribution is 6.24. The second-order valence-electron chi connectivity index (χ2n) is 20.3. The van der Waals surface area contributed by atoms with Crippen molar-refractivity contribution in [2.45, 2.75) is 20.3 Å². The van der Waals surface area contributed by atoms with E-state index in [0.717, 1.165) is 111 Å². The lowest BCUT2D eigenvalue weighted by Crippen LogP contribution is -1.93. The van der Waals surface area contributed by atoms with E-state index in [1.165, 1.54) is 39.0 Å². The summed E-state index contributed by atoms with van der Waals surface area (Å²) >= 11 is 0. The lowest BCUT2D eigenvalue weighted by molar-refractivity contribution is 0.670. The zero-order valence-electron chi connectivity index (χ0n) is 44.7.